The van der Waals surface area contributed by atoms with E-state index in [0.717, 1.165) is 0 Å². The summed E-state index contributed by atoms with van der Waals surface area (Å²) in [6, 6.07) is 7.05. The highest BCUT2D eigenvalue weighted by molar-refractivity contribution is 5.89. The molecular weight excluding hydrogens is 279 g/mol. The van der Waals surface area contributed by atoms with Crippen LogP contribution in [0, 0.1) is 5.82 Å². The minimum atomic E-state index is -1.14. The lowest BCUT2D eigenvalue weighted by Gasteiger charge is -2.08. The lowest BCUT2D eigenvalue weighted by molar-refractivity contribution is -0.114. The van der Waals surface area contributed by atoms with Gasteiger partial charge in [0.25, 0.3) is 0 Å². The number of hydrogen-bond acceptors (Lipinski definition) is 4. The van der Waals surface area contributed by atoms with Crippen LogP contribution in [0.2, 0.25) is 0 Å². The van der Waals surface area contributed by atoms with Gasteiger partial charge in [0.1, 0.15) is 11.6 Å². The number of furan rings is 1. The summed E-state index contributed by atoms with van der Waals surface area (Å²) < 4.78 is 18.5. The zero-order valence-corrected chi connectivity index (χ0v) is 11.1. The van der Waals surface area contributed by atoms with Crippen LogP contribution in [0.1, 0.15) is 23.2 Å². The first-order valence-corrected chi connectivity index (χ1v) is 6.08. The van der Waals surface area contributed by atoms with Crippen molar-refractivity contribution in [1.29, 1.82) is 0 Å². The molecule has 1 amide bonds. The number of carbonyl (C=O) groups is 2. The zero-order valence-electron chi connectivity index (χ0n) is 11.1. The van der Waals surface area contributed by atoms with Gasteiger partial charge in [-0.15, -0.1) is 0 Å². The molecule has 0 aliphatic carbocycles. The average molecular weight is 292 g/mol. The molecule has 0 saturated heterocycles. The third-order valence-electron chi connectivity index (χ3n) is 2.62. The molecule has 0 aliphatic rings. The molecule has 1 heterocycles. The number of halogens is 1. The molecule has 0 aliphatic heterocycles. The van der Waals surface area contributed by atoms with Crippen LogP contribution < -0.4 is 10.6 Å². The number of anilines is 2. The molecular formula is C14H13FN2O4. The molecule has 0 unspecified atom stereocenters. The Morgan fingerprint density at radius 3 is 2.67 bits per heavy atom. The summed E-state index contributed by atoms with van der Waals surface area (Å²) in [4.78, 5) is 21.6. The summed E-state index contributed by atoms with van der Waals surface area (Å²) in [6.07, 6.45) is 0. The highest BCUT2D eigenvalue weighted by Gasteiger charge is 2.09. The number of carboxylic acid groups (broad SMARTS) is 1. The van der Waals surface area contributed by atoms with Crippen molar-refractivity contribution in [3.8, 4) is 0 Å². The Bertz CT molecular complexity index is 681. The van der Waals surface area contributed by atoms with Gasteiger partial charge in [-0.3, -0.25) is 4.79 Å². The molecule has 0 atom stereocenters. The van der Waals surface area contributed by atoms with E-state index in [0.29, 0.717) is 11.4 Å². The molecule has 110 valence electrons. The Kier molecular flexibility index (Phi) is 4.22. The Morgan fingerprint density at radius 2 is 2.05 bits per heavy atom. The largest absolute Gasteiger partial charge is 0.475 e. The number of benzene rings is 1. The molecule has 0 bridgehead atoms. The first kappa shape index (κ1) is 14.6. The molecule has 0 spiro atoms. The topological polar surface area (TPSA) is 91.6 Å². The van der Waals surface area contributed by atoms with Crippen molar-refractivity contribution in [3.63, 3.8) is 0 Å². The Labute approximate surface area is 119 Å². The molecule has 1 aromatic carbocycles. The van der Waals surface area contributed by atoms with E-state index >= 15 is 0 Å². The van der Waals surface area contributed by atoms with Crippen molar-refractivity contribution in [2.24, 2.45) is 0 Å². The van der Waals surface area contributed by atoms with Crippen LogP contribution in [0.3, 0.4) is 0 Å². The standard InChI is InChI=1S/C14H13FN2O4/c1-8(18)17-12-6-9(2-4-11(12)15)16-7-10-3-5-13(21-10)14(19)20/h2-6,16H,7H2,1H3,(H,17,18)(H,19,20). The fourth-order valence-corrected chi connectivity index (χ4v) is 1.70. The molecule has 0 saturated carbocycles. The SMILES string of the molecule is CC(=O)Nc1cc(NCc2ccc(C(=O)O)o2)ccc1F. The van der Waals surface area contributed by atoms with E-state index in [1.54, 1.807) is 0 Å². The molecule has 21 heavy (non-hydrogen) atoms. The van der Waals surface area contributed by atoms with Crippen LogP contribution in [0.15, 0.2) is 34.7 Å². The van der Waals surface area contributed by atoms with Crippen molar-refractivity contribution in [2.45, 2.75) is 13.5 Å². The summed E-state index contributed by atoms with van der Waals surface area (Å²) >= 11 is 0. The third-order valence-corrected chi connectivity index (χ3v) is 2.62. The van der Waals surface area contributed by atoms with Crippen LogP contribution in [0.5, 0.6) is 0 Å². The van der Waals surface area contributed by atoms with E-state index in [2.05, 4.69) is 10.6 Å². The van der Waals surface area contributed by atoms with E-state index in [4.69, 9.17) is 9.52 Å². The van der Waals surface area contributed by atoms with Gasteiger partial charge < -0.3 is 20.2 Å². The molecule has 0 radical (unpaired) electrons. The molecule has 0 fully saturated rings. The summed E-state index contributed by atoms with van der Waals surface area (Å²) in [5.74, 6) is -1.77. The van der Waals surface area contributed by atoms with Crippen molar-refractivity contribution in [3.05, 3.63) is 47.7 Å². The smallest absolute Gasteiger partial charge is 0.371 e. The second-order valence-electron chi connectivity index (χ2n) is 4.30. The number of carbonyl (C=O) groups excluding carboxylic acids is 1. The monoisotopic (exact) mass is 292 g/mol. The minimum Gasteiger partial charge on any atom is -0.475 e. The predicted octanol–water partition coefficient (Wildman–Crippen LogP) is 2.69. The second kappa shape index (κ2) is 6.08. The maximum atomic E-state index is 13.5. The minimum absolute atomic E-state index is 0.0677. The van der Waals surface area contributed by atoms with Gasteiger partial charge in [-0.2, -0.15) is 0 Å². The number of aromatic carboxylic acids is 1. The van der Waals surface area contributed by atoms with Gasteiger partial charge in [0.15, 0.2) is 0 Å². The van der Waals surface area contributed by atoms with Gasteiger partial charge in [-0.05, 0) is 30.3 Å². The fourth-order valence-electron chi connectivity index (χ4n) is 1.70. The van der Waals surface area contributed by atoms with Gasteiger partial charge in [-0.25, -0.2) is 9.18 Å². The van der Waals surface area contributed by atoms with Crippen LogP contribution in [0.25, 0.3) is 0 Å². The van der Waals surface area contributed by atoms with Gasteiger partial charge in [0, 0.05) is 12.6 Å². The van der Waals surface area contributed by atoms with Gasteiger partial charge >= 0.3 is 5.97 Å². The normalized spacial score (nSPS) is 10.2. The van der Waals surface area contributed by atoms with Crippen LogP contribution in [-0.4, -0.2) is 17.0 Å². The van der Waals surface area contributed by atoms with E-state index < -0.39 is 11.8 Å². The maximum Gasteiger partial charge on any atom is 0.371 e. The summed E-state index contributed by atoms with van der Waals surface area (Å²) in [6.45, 7) is 1.52. The Balaban J connectivity index is 2.05. The zero-order chi connectivity index (χ0) is 15.4. The average Bonchev–Trinajstić information content (AvgIpc) is 2.88. The van der Waals surface area contributed by atoms with Gasteiger partial charge in [0.2, 0.25) is 11.7 Å². The lowest BCUT2D eigenvalue weighted by Crippen LogP contribution is -2.08. The van der Waals surface area contributed by atoms with Gasteiger partial charge in [0.05, 0.1) is 12.2 Å². The van der Waals surface area contributed by atoms with Gasteiger partial charge in [-0.1, -0.05) is 0 Å². The van der Waals surface area contributed by atoms with Crippen LogP contribution >= 0.6 is 0 Å². The predicted molar refractivity (Wildman–Crippen MR) is 73.7 cm³/mol. The lowest BCUT2D eigenvalue weighted by atomic mass is 10.2. The molecule has 1 aromatic heterocycles. The molecule has 3 N–H and O–H groups in total. The van der Waals surface area contributed by atoms with E-state index in [-0.39, 0.29) is 23.9 Å². The maximum absolute atomic E-state index is 13.5. The van der Waals surface area contributed by atoms with Crippen LogP contribution in [0.4, 0.5) is 15.8 Å². The summed E-state index contributed by atoms with van der Waals surface area (Å²) in [7, 11) is 0. The van der Waals surface area contributed by atoms with Crippen LogP contribution in [-0.2, 0) is 11.3 Å². The first-order valence-electron chi connectivity index (χ1n) is 6.08. The van der Waals surface area contributed by atoms with Crippen molar-refractivity contribution in [2.75, 3.05) is 10.6 Å². The quantitative estimate of drug-likeness (QED) is 0.788. The number of amides is 1. The first-order chi connectivity index (χ1) is 9.95. The summed E-state index contributed by atoms with van der Waals surface area (Å²) in [5.41, 5.74) is 0.631. The molecule has 2 aromatic rings. The molecule has 2 rings (SSSR count). The Hall–Kier alpha value is -2.83. The molecule has 7 heteroatoms. The number of hydrogen-bond donors (Lipinski definition) is 3. The highest BCUT2D eigenvalue weighted by atomic mass is 19.1. The second-order valence-corrected chi connectivity index (χ2v) is 4.30. The van der Waals surface area contributed by atoms with E-state index in [1.165, 1.54) is 37.3 Å². The van der Waals surface area contributed by atoms with Crippen molar-refractivity contribution < 1.29 is 23.5 Å². The third kappa shape index (κ3) is 3.82. The van der Waals surface area contributed by atoms with E-state index in [1.807, 2.05) is 0 Å². The van der Waals surface area contributed by atoms with Crippen molar-refractivity contribution >= 4 is 23.3 Å². The number of nitrogens with one attached hydrogen (secondary N) is 2. The Morgan fingerprint density at radius 1 is 1.29 bits per heavy atom. The van der Waals surface area contributed by atoms with E-state index in [9.17, 15) is 14.0 Å². The number of carboxylic acids is 1. The molecule has 6 nitrogen and oxygen atoms in total. The van der Waals surface area contributed by atoms with Crippen molar-refractivity contribution in [1.82, 2.24) is 0 Å². The summed E-state index contributed by atoms with van der Waals surface area (Å²) in [5, 5.41) is 14.1. The highest BCUT2D eigenvalue weighted by Crippen LogP contribution is 2.20. The fraction of sp³-hybridized carbons (Fsp3) is 0.143. The number of rotatable bonds is 5.